The SMILES string of the molecule is CN(c1ncc(C(F)(F)F)cc1Cl)C(C)(C)CBr. The molecule has 1 rings (SSSR count). The number of rotatable bonds is 3. The zero-order valence-electron chi connectivity index (χ0n) is 10.1. The Labute approximate surface area is 117 Å². The Kier molecular flexibility index (Phi) is 4.54. The molecule has 0 amide bonds. The van der Waals surface area contributed by atoms with Gasteiger partial charge in [-0.05, 0) is 19.9 Å². The van der Waals surface area contributed by atoms with E-state index >= 15 is 0 Å². The van der Waals surface area contributed by atoms with Crippen LogP contribution in [0.1, 0.15) is 19.4 Å². The molecule has 0 aliphatic heterocycles. The summed E-state index contributed by atoms with van der Waals surface area (Å²) in [5, 5.41) is 0.622. The summed E-state index contributed by atoms with van der Waals surface area (Å²) >= 11 is 9.22. The summed E-state index contributed by atoms with van der Waals surface area (Å²) in [6.45, 7) is 3.86. The largest absolute Gasteiger partial charge is 0.417 e. The molecular weight excluding hydrogens is 332 g/mol. The number of anilines is 1. The number of alkyl halides is 4. The summed E-state index contributed by atoms with van der Waals surface area (Å²) < 4.78 is 37.4. The standard InChI is InChI=1S/C11H13BrClF3N2/c1-10(2,6-12)18(3)9-8(13)4-7(5-17-9)11(14,15)16/h4-5H,6H2,1-3H3. The van der Waals surface area contributed by atoms with Gasteiger partial charge >= 0.3 is 6.18 Å². The van der Waals surface area contributed by atoms with Crippen molar-refractivity contribution in [2.24, 2.45) is 0 Å². The van der Waals surface area contributed by atoms with E-state index in [2.05, 4.69) is 20.9 Å². The monoisotopic (exact) mass is 344 g/mol. The third kappa shape index (κ3) is 3.29. The number of hydrogen-bond donors (Lipinski definition) is 0. The molecule has 0 aromatic carbocycles. The van der Waals surface area contributed by atoms with Crippen LogP contribution in [0.4, 0.5) is 19.0 Å². The van der Waals surface area contributed by atoms with Gasteiger partial charge in [0.2, 0.25) is 0 Å². The number of aromatic nitrogens is 1. The first-order chi connectivity index (χ1) is 8.09. The fraction of sp³-hybridized carbons (Fsp3) is 0.545. The van der Waals surface area contributed by atoms with Gasteiger partial charge in [0, 0.05) is 24.1 Å². The van der Waals surface area contributed by atoms with Crippen LogP contribution in [0.5, 0.6) is 0 Å². The molecule has 0 aliphatic rings. The Balaban J connectivity index is 3.14. The molecule has 1 aromatic heterocycles. The quantitative estimate of drug-likeness (QED) is 0.757. The molecule has 0 N–H and O–H groups in total. The van der Waals surface area contributed by atoms with E-state index in [1.165, 1.54) is 0 Å². The molecule has 0 fully saturated rings. The van der Waals surface area contributed by atoms with Crippen molar-refractivity contribution < 1.29 is 13.2 Å². The van der Waals surface area contributed by atoms with Crippen LogP contribution in [-0.4, -0.2) is 22.9 Å². The van der Waals surface area contributed by atoms with Crippen LogP contribution < -0.4 is 4.90 Å². The van der Waals surface area contributed by atoms with E-state index in [4.69, 9.17) is 11.6 Å². The molecular formula is C11H13BrClF3N2. The van der Waals surface area contributed by atoms with Crippen LogP contribution in [-0.2, 0) is 6.18 Å². The second kappa shape index (κ2) is 5.25. The lowest BCUT2D eigenvalue weighted by atomic mass is 10.1. The Morgan fingerprint density at radius 3 is 2.33 bits per heavy atom. The van der Waals surface area contributed by atoms with E-state index in [1.54, 1.807) is 11.9 Å². The molecule has 0 unspecified atom stereocenters. The topological polar surface area (TPSA) is 16.1 Å². The molecule has 102 valence electrons. The smallest absolute Gasteiger partial charge is 0.352 e. The maximum atomic E-state index is 12.5. The molecule has 0 radical (unpaired) electrons. The van der Waals surface area contributed by atoms with Crippen molar-refractivity contribution in [3.63, 3.8) is 0 Å². The minimum atomic E-state index is -4.43. The van der Waals surface area contributed by atoms with Crippen LogP contribution in [0.25, 0.3) is 0 Å². The lowest BCUT2D eigenvalue weighted by Gasteiger charge is -2.35. The van der Waals surface area contributed by atoms with Crippen molar-refractivity contribution in [3.05, 3.63) is 22.8 Å². The normalized spacial score (nSPS) is 12.7. The number of nitrogens with zero attached hydrogens (tertiary/aromatic N) is 2. The first-order valence-corrected chi connectivity index (χ1v) is 6.62. The highest BCUT2D eigenvalue weighted by Gasteiger charge is 2.33. The Morgan fingerprint density at radius 2 is 1.94 bits per heavy atom. The predicted molar refractivity (Wildman–Crippen MR) is 70.5 cm³/mol. The van der Waals surface area contributed by atoms with Gasteiger partial charge in [-0.1, -0.05) is 27.5 Å². The van der Waals surface area contributed by atoms with Crippen molar-refractivity contribution in [1.82, 2.24) is 4.98 Å². The summed E-state index contributed by atoms with van der Waals surface area (Å²) in [5.41, 5.74) is -1.16. The third-order valence-corrected chi connectivity index (χ3v) is 4.35. The highest BCUT2D eigenvalue weighted by molar-refractivity contribution is 9.09. The van der Waals surface area contributed by atoms with Crippen LogP contribution in [0, 0.1) is 0 Å². The van der Waals surface area contributed by atoms with E-state index < -0.39 is 11.7 Å². The first-order valence-electron chi connectivity index (χ1n) is 5.12. The maximum Gasteiger partial charge on any atom is 0.417 e. The van der Waals surface area contributed by atoms with Crippen LogP contribution >= 0.6 is 27.5 Å². The maximum absolute atomic E-state index is 12.5. The van der Waals surface area contributed by atoms with Gasteiger partial charge in [-0.2, -0.15) is 13.2 Å². The number of pyridine rings is 1. The minimum absolute atomic E-state index is 0.0126. The fourth-order valence-electron chi connectivity index (χ4n) is 1.21. The van der Waals surface area contributed by atoms with E-state index in [0.29, 0.717) is 11.1 Å². The number of hydrogen-bond acceptors (Lipinski definition) is 2. The van der Waals surface area contributed by atoms with Crippen molar-refractivity contribution in [2.45, 2.75) is 25.6 Å². The summed E-state index contributed by atoms with van der Waals surface area (Å²) in [5.74, 6) is 0.328. The third-order valence-electron chi connectivity index (χ3n) is 2.70. The summed E-state index contributed by atoms with van der Waals surface area (Å²) in [6, 6.07) is 0.894. The van der Waals surface area contributed by atoms with Gasteiger partial charge in [0.25, 0.3) is 0 Å². The van der Waals surface area contributed by atoms with E-state index in [0.717, 1.165) is 12.3 Å². The van der Waals surface area contributed by atoms with Gasteiger partial charge in [-0.3, -0.25) is 0 Å². The Morgan fingerprint density at radius 1 is 1.39 bits per heavy atom. The second-order valence-electron chi connectivity index (χ2n) is 4.53. The Hall–Kier alpha value is -0.490. The van der Waals surface area contributed by atoms with E-state index in [-0.39, 0.29) is 10.6 Å². The van der Waals surface area contributed by atoms with Crippen molar-refractivity contribution in [2.75, 3.05) is 17.3 Å². The van der Waals surface area contributed by atoms with Gasteiger partial charge in [0.15, 0.2) is 0 Å². The molecule has 18 heavy (non-hydrogen) atoms. The molecule has 0 aliphatic carbocycles. The molecule has 7 heteroatoms. The van der Waals surface area contributed by atoms with Crippen molar-refractivity contribution in [1.29, 1.82) is 0 Å². The summed E-state index contributed by atoms with van der Waals surface area (Å²) in [6.07, 6.45) is -3.64. The molecule has 0 bridgehead atoms. The van der Waals surface area contributed by atoms with Crippen molar-refractivity contribution in [3.8, 4) is 0 Å². The molecule has 0 saturated carbocycles. The van der Waals surface area contributed by atoms with Gasteiger partial charge in [-0.25, -0.2) is 4.98 Å². The summed E-state index contributed by atoms with van der Waals surface area (Å²) in [7, 11) is 1.74. The highest BCUT2D eigenvalue weighted by atomic mass is 79.9. The van der Waals surface area contributed by atoms with Gasteiger partial charge in [-0.15, -0.1) is 0 Å². The molecule has 0 spiro atoms. The van der Waals surface area contributed by atoms with Crippen molar-refractivity contribution >= 4 is 33.3 Å². The van der Waals surface area contributed by atoms with Gasteiger partial charge < -0.3 is 4.90 Å². The first kappa shape index (κ1) is 15.6. The lowest BCUT2D eigenvalue weighted by Crippen LogP contribution is -2.43. The fourth-order valence-corrected chi connectivity index (χ4v) is 1.88. The van der Waals surface area contributed by atoms with E-state index in [9.17, 15) is 13.2 Å². The zero-order valence-corrected chi connectivity index (χ0v) is 12.5. The average molecular weight is 346 g/mol. The lowest BCUT2D eigenvalue weighted by molar-refractivity contribution is -0.137. The molecule has 0 atom stereocenters. The molecule has 2 nitrogen and oxygen atoms in total. The average Bonchev–Trinajstić information content (AvgIpc) is 2.26. The summed E-state index contributed by atoms with van der Waals surface area (Å²) in [4.78, 5) is 5.55. The zero-order chi connectivity index (χ0) is 14.1. The number of halogens is 5. The van der Waals surface area contributed by atoms with Gasteiger partial charge in [0.05, 0.1) is 10.6 Å². The van der Waals surface area contributed by atoms with Crippen LogP contribution in [0.3, 0.4) is 0 Å². The van der Waals surface area contributed by atoms with Crippen LogP contribution in [0.2, 0.25) is 5.02 Å². The van der Waals surface area contributed by atoms with E-state index in [1.807, 2.05) is 13.8 Å². The van der Waals surface area contributed by atoms with Gasteiger partial charge in [0.1, 0.15) is 5.82 Å². The van der Waals surface area contributed by atoms with Crippen LogP contribution in [0.15, 0.2) is 12.3 Å². The second-order valence-corrected chi connectivity index (χ2v) is 5.50. The molecule has 0 saturated heterocycles. The minimum Gasteiger partial charge on any atom is -0.352 e. The predicted octanol–water partition coefficient (Wildman–Crippen LogP) is 4.36. The molecule has 1 heterocycles. The Bertz CT molecular complexity index is 435. The highest BCUT2D eigenvalue weighted by Crippen LogP contribution is 2.34. The molecule has 1 aromatic rings.